The van der Waals surface area contributed by atoms with E-state index in [1.165, 1.54) is 0 Å². The lowest BCUT2D eigenvalue weighted by Crippen LogP contribution is -2.14. The molecule has 2 aromatic rings. The minimum absolute atomic E-state index is 0.0669. The van der Waals surface area contributed by atoms with Gasteiger partial charge in [0.2, 0.25) is 5.91 Å². The first-order valence-corrected chi connectivity index (χ1v) is 9.33. The third-order valence-corrected chi connectivity index (χ3v) is 4.15. The molecule has 0 saturated carbocycles. The van der Waals surface area contributed by atoms with Crippen LogP contribution in [0.3, 0.4) is 0 Å². The van der Waals surface area contributed by atoms with Crippen molar-refractivity contribution in [1.29, 1.82) is 0 Å². The van der Waals surface area contributed by atoms with Gasteiger partial charge in [0.25, 0.3) is 0 Å². The topological polar surface area (TPSA) is 64.6 Å². The third-order valence-electron chi connectivity index (χ3n) is 4.15. The summed E-state index contributed by atoms with van der Waals surface area (Å²) in [5.41, 5.74) is 1.18. The van der Waals surface area contributed by atoms with Crippen LogP contribution >= 0.6 is 0 Å². The maximum absolute atomic E-state index is 12.3. The second-order valence-electron chi connectivity index (χ2n) is 6.25. The summed E-state index contributed by atoms with van der Waals surface area (Å²) in [6.45, 7) is 2.83. The van der Waals surface area contributed by atoms with E-state index >= 15 is 0 Å². The maximum atomic E-state index is 12.3. The molecule has 27 heavy (non-hydrogen) atoms. The van der Waals surface area contributed by atoms with E-state index in [9.17, 15) is 9.59 Å². The Morgan fingerprint density at radius 3 is 2.41 bits per heavy atom. The molecule has 1 N–H and O–H groups in total. The Hall–Kier alpha value is -2.82. The summed E-state index contributed by atoms with van der Waals surface area (Å²) in [6.07, 6.45) is 3.59. The summed E-state index contributed by atoms with van der Waals surface area (Å²) in [5.74, 6) is 1.06. The first-order valence-electron chi connectivity index (χ1n) is 9.33. The first kappa shape index (κ1) is 20.5. The molecular formula is C22H27NO4. The fraction of sp³-hybridized carbons (Fsp3) is 0.364. The monoisotopic (exact) mass is 369 g/mol. The number of carbonyl (C=O) groups excluding carboxylic acids is 2. The van der Waals surface area contributed by atoms with Crippen LogP contribution in [-0.2, 0) is 4.79 Å². The van der Waals surface area contributed by atoms with Crippen molar-refractivity contribution >= 4 is 17.4 Å². The van der Waals surface area contributed by atoms with E-state index in [0.29, 0.717) is 23.6 Å². The van der Waals surface area contributed by atoms with Gasteiger partial charge in [0, 0.05) is 18.4 Å². The van der Waals surface area contributed by atoms with Gasteiger partial charge in [-0.05, 0) is 42.8 Å². The van der Waals surface area contributed by atoms with Crippen molar-refractivity contribution in [1.82, 2.24) is 0 Å². The minimum atomic E-state index is -0.219. The molecule has 0 spiro atoms. The number of ketones is 1. The molecule has 144 valence electrons. The number of amides is 1. The number of methoxy groups -OCH3 is 1. The average Bonchev–Trinajstić information content (AvgIpc) is 2.70. The van der Waals surface area contributed by atoms with Gasteiger partial charge in [-0.25, -0.2) is 0 Å². The van der Waals surface area contributed by atoms with Gasteiger partial charge in [-0.3, -0.25) is 9.59 Å². The van der Waals surface area contributed by atoms with Crippen molar-refractivity contribution in [2.24, 2.45) is 0 Å². The number of rotatable bonds is 11. The summed E-state index contributed by atoms with van der Waals surface area (Å²) in [6, 6.07) is 14.3. The zero-order valence-electron chi connectivity index (χ0n) is 16.0. The normalized spacial score (nSPS) is 10.3. The molecule has 0 aliphatic heterocycles. The largest absolute Gasteiger partial charge is 0.495 e. The van der Waals surface area contributed by atoms with Crippen molar-refractivity contribution < 1.29 is 19.1 Å². The highest BCUT2D eigenvalue weighted by Gasteiger charge is 2.11. The van der Waals surface area contributed by atoms with Crippen molar-refractivity contribution in [3.63, 3.8) is 0 Å². The summed E-state index contributed by atoms with van der Waals surface area (Å²) in [7, 11) is 1.55. The van der Waals surface area contributed by atoms with Crippen LogP contribution in [-0.4, -0.2) is 25.4 Å². The van der Waals surface area contributed by atoms with E-state index in [1.54, 1.807) is 43.5 Å². The summed E-state index contributed by atoms with van der Waals surface area (Å²) in [5, 5.41) is 2.77. The lowest BCUT2D eigenvalue weighted by Gasteiger charge is -2.09. The van der Waals surface area contributed by atoms with E-state index in [-0.39, 0.29) is 24.5 Å². The number of hydrogen-bond acceptors (Lipinski definition) is 4. The Balaban J connectivity index is 1.80. The van der Waals surface area contributed by atoms with Crippen molar-refractivity contribution in [3.05, 3.63) is 54.1 Å². The zero-order valence-corrected chi connectivity index (χ0v) is 16.0. The van der Waals surface area contributed by atoms with Gasteiger partial charge in [0.15, 0.2) is 5.78 Å². The van der Waals surface area contributed by atoms with Gasteiger partial charge in [0.05, 0.1) is 19.4 Å². The molecule has 0 atom stereocenters. The SMILES string of the molecule is CCCCCOc1ccc(C(=O)CCC(=O)Nc2ccccc2OC)cc1. The lowest BCUT2D eigenvalue weighted by atomic mass is 10.1. The molecule has 0 aromatic heterocycles. The molecule has 0 unspecified atom stereocenters. The molecular weight excluding hydrogens is 342 g/mol. The van der Waals surface area contributed by atoms with Crippen LogP contribution in [0.15, 0.2) is 48.5 Å². The minimum Gasteiger partial charge on any atom is -0.495 e. The molecule has 5 heteroatoms. The Labute approximate surface area is 160 Å². The highest BCUT2D eigenvalue weighted by Crippen LogP contribution is 2.23. The van der Waals surface area contributed by atoms with Crippen LogP contribution in [0.2, 0.25) is 0 Å². The molecule has 5 nitrogen and oxygen atoms in total. The second kappa shape index (κ2) is 11.0. The number of hydrogen-bond donors (Lipinski definition) is 1. The standard InChI is InChI=1S/C22H27NO4/c1-3-4-7-16-27-18-12-10-17(11-13-18)20(24)14-15-22(25)23-19-8-5-6-9-21(19)26-2/h5-6,8-13H,3-4,7,14-16H2,1-2H3,(H,23,25). The zero-order chi connectivity index (χ0) is 19.5. The van der Waals surface area contributed by atoms with E-state index in [2.05, 4.69) is 12.2 Å². The molecule has 0 aliphatic rings. The van der Waals surface area contributed by atoms with Crippen LogP contribution in [0.4, 0.5) is 5.69 Å². The van der Waals surface area contributed by atoms with Gasteiger partial charge >= 0.3 is 0 Å². The molecule has 0 heterocycles. The van der Waals surface area contributed by atoms with Gasteiger partial charge in [0.1, 0.15) is 11.5 Å². The predicted octanol–water partition coefficient (Wildman–Crippen LogP) is 4.87. The van der Waals surface area contributed by atoms with Crippen LogP contribution < -0.4 is 14.8 Å². The number of ether oxygens (including phenoxy) is 2. The van der Waals surface area contributed by atoms with Gasteiger partial charge in [-0.15, -0.1) is 0 Å². The fourth-order valence-corrected chi connectivity index (χ4v) is 2.61. The van der Waals surface area contributed by atoms with Gasteiger partial charge in [-0.2, -0.15) is 0 Å². The van der Waals surface area contributed by atoms with E-state index in [0.717, 1.165) is 25.0 Å². The highest BCUT2D eigenvalue weighted by atomic mass is 16.5. The molecule has 0 fully saturated rings. The number of unbranched alkanes of at least 4 members (excludes halogenated alkanes) is 2. The molecule has 0 saturated heterocycles. The van der Waals surface area contributed by atoms with E-state index in [4.69, 9.17) is 9.47 Å². The molecule has 1 amide bonds. The first-order chi connectivity index (χ1) is 13.1. The van der Waals surface area contributed by atoms with Crippen molar-refractivity contribution in [3.8, 4) is 11.5 Å². The molecule has 2 rings (SSSR count). The predicted molar refractivity (Wildman–Crippen MR) is 107 cm³/mol. The van der Waals surface area contributed by atoms with Crippen LogP contribution in [0, 0.1) is 0 Å². The molecule has 0 bridgehead atoms. The summed E-state index contributed by atoms with van der Waals surface area (Å²) in [4.78, 5) is 24.4. The smallest absolute Gasteiger partial charge is 0.224 e. The number of nitrogens with one attached hydrogen (secondary N) is 1. The highest BCUT2D eigenvalue weighted by molar-refractivity contribution is 6.00. The van der Waals surface area contributed by atoms with Gasteiger partial charge in [-0.1, -0.05) is 31.9 Å². The van der Waals surface area contributed by atoms with Crippen molar-refractivity contribution in [2.45, 2.75) is 39.0 Å². The van der Waals surface area contributed by atoms with Crippen molar-refractivity contribution in [2.75, 3.05) is 19.0 Å². The van der Waals surface area contributed by atoms with Gasteiger partial charge < -0.3 is 14.8 Å². The Kier molecular flexibility index (Phi) is 8.36. The maximum Gasteiger partial charge on any atom is 0.224 e. The van der Waals surface area contributed by atoms with Crippen LogP contribution in [0.5, 0.6) is 11.5 Å². The Morgan fingerprint density at radius 1 is 0.963 bits per heavy atom. The van der Waals surface area contributed by atoms with Crippen LogP contribution in [0.1, 0.15) is 49.4 Å². The summed E-state index contributed by atoms with van der Waals surface area (Å²) >= 11 is 0. The molecule has 0 radical (unpaired) electrons. The average molecular weight is 369 g/mol. The summed E-state index contributed by atoms with van der Waals surface area (Å²) < 4.78 is 10.8. The van der Waals surface area contributed by atoms with E-state index < -0.39 is 0 Å². The quantitative estimate of drug-likeness (QED) is 0.453. The van der Waals surface area contributed by atoms with E-state index in [1.807, 2.05) is 12.1 Å². The fourth-order valence-electron chi connectivity index (χ4n) is 2.61. The Morgan fingerprint density at radius 2 is 1.70 bits per heavy atom. The van der Waals surface area contributed by atoms with Crippen LogP contribution in [0.25, 0.3) is 0 Å². The number of Topliss-reactive ketones (excluding diaryl/α,β-unsaturated/α-hetero) is 1. The molecule has 0 aliphatic carbocycles. The molecule has 2 aromatic carbocycles. The number of benzene rings is 2. The number of anilines is 1. The Bertz CT molecular complexity index is 740. The lowest BCUT2D eigenvalue weighted by molar-refractivity contribution is -0.116. The third kappa shape index (κ3) is 6.77. The number of carbonyl (C=O) groups is 2. The second-order valence-corrected chi connectivity index (χ2v) is 6.25. The number of para-hydroxylation sites is 2.